The fraction of sp³-hybridized carbons (Fsp3) is 0.455. The Morgan fingerprint density at radius 3 is 2.42 bits per heavy atom. The average Bonchev–Trinajstić information content (AvgIpc) is 3.47. The van der Waals surface area contributed by atoms with E-state index in [4.69, 9.17) is 0 Å². The maximum atomic E-state index is 13.2. The van der Waals surface area contributed by atoms with Gasteiger partial charge in [0.25, 0.3) is 5.69 Å². The summed E-state index contributed by atoms with van der Waals surface area (Å²) in [6.45, 7) is 4.90. The van der Waals surface area contributed by atoms with Crippen LogP contribution in [0.1, 0.15) is 32.4 Å². The first-order valence-corrected chi connectivity index (χ1v) is 10.4. The Bertz CT molecular complexity index is 934. The van der Waals surface area contributed by atoms with Crippen molar-refractivity contribution in [2.75, 3.05) is 18.4 Å². The van der Waals surface area contributed by atoms with Crippen molar-refractivity contribution in [1.29, 1.82) is 0 Å². The zero-order valence-corrected chi connectivity index (χ0v) is 18.2. The number of carbonyl (C=O) groups is 2. The maximum absolute atomic E-state index is 13.2. The van der Waals surface area contributed by atoms with E-state index in [9.17, 15) is 19.7 Å². The first-order valence-electron chi connectivity index (χ1n) is 10.4. The lowest BCUT2D eigenvalue weighted by molar-refractivity contribution is -0.384. The molecule has 1 aliphatic carbocycles. The highest BCUT2D eigenvalue weighted by Gasteiger charge is 2.34. The molecule has 2 aromatic rings. The molecule has 0 unspecified atom stereocenters. The first-order chi connectivity index (χ1) is 14.7. The standard InChI is InChI=1S/C22H29N5O4/c1-16(2)13-25(22(29)23-17-6-8-19(9-7-17)27(30)31)15-21(28)26(18-10-11-18)14-20-5-4-12-24(20)3/h4-9,12,16,18H,10-11,13-15H2,1-3H3,(H,23,29). The molecule has 31 heavy (non-hydrogen) atoms. The fourth-order valence-electron chi connectivity index (χ4n) is 3.43. The third-order valence-corrected chi connectivity index (χ3v) is 5.22. The Balaban J connectivity index is 1.68. The van der Waals surface area contributed by atoms with Gasteiger partial charge in [-0.1, -0.05) is 13.8 Å². The Labute approximate surface area is 181 Å². The van der Waals surface area contributed by atoms with Gasteiger partial charge in [0.15, 0.2) is 0 Å². The topological polar surface area (TPSA) is 101 Å². The lowest BCUT2D eigenvalue weighted by Crippen LogP contribution is -2.46. The molecule has 1 aromatic heterocycles. The van der Waals surface area contributed by atoms with Gasteiger partial charge in [-0.25, -0.2) is 4.79 Å². The van der Waals surface area contributed by atoms with Crippen molar-refractivity contribution < 1.29 is 14.5 Å². The second-order valence-corrected chi connectivity index (χ2v) is 8.37. The van der Waals surface area contributed by atoms with Crippen LogP contribution >= 0.6 is 0 Å². The largest absolute Gasteiger partial charge is 0.353 e. The van der Waals surface area contributed by atoms with Crippen LogP contribution in [-0.4, -0.2) is 50.4 Å². The summed E-state index contributed by atoms with van der Waals surface area (Å²) in [4.78, 5) is 39.7. The molecule has 0 saturated heterocycles. The molecule has 1 heterocycles. The van der Waals surface area contributed by atoms with Gasteiger partial charge in [0.05, 0.1) is 11.5 Å². The minimum atomic E-state index is -0.492. The summed E-state index contributed by atoms with van der Waals surface area (Å²) < 4.78 is 2.00. The summed E-state index contributed by atoms with van der Waals surface area (Å²) in [7, 11) is 1.95. The van der Waals surface area contributed by atoms with Crippen LogP contribution in [0.5, 0.6) is 0 Å². The molecular formula is C22H29N5O4. The number of nitro groups is 1. The summed E-state index contributed by atoms with van der Waals surface area (Å²) in [5, 5.41) is 13.6. The van der Waals surface area contributed by atoms with Crippen molar-refractivity contribution in [2.45, 2.75) is 39.3 Å². The van der Waals surface area contributed by atoms with E-state index >= 15 is 0 Å². The molecule has 9 nitrogen and oxygen atoms in total. The lowest BCUT2D eigenvalue weighted by atomic mass is 10.2. The van der Waals surface area contributed by atoms with E-state index in [1.54, 1.807) is 0 Å². The molecule has 1 aromatic carbocycles. The number of nitrogens with zero attached hydrogens (tertiary/aromatic N) is 4. The number of carbonyl (C=O) groups excluding carboxylic acids is 2. The summed E-state index contributed by atoms with van der Waals surface area (Å²) in [6, 6.07) is 9.41. The van der Waals surface area contributed by atoms with Crippen LogP contribution in [0.25, 0.3) is 0 Å². The molecule has 0 aliphatic heterocycles. The van der Waals surface area contributed by atoms with E-state index in [-0.39, 0.29) is 30.1 Å². The number of aromatic nitrogens is 1. The lowest BCUT2D eigenvalue weighted by Gasteiger charge is -2.29. The highest BCUT2D eigenvalue weighted by molar-refractivity contribution is 5.92. The zero-order valence-electron chi connectivity index (χ0n) is 18.2. The number of urea groups is 1. The number of non-ortho nitro benzene ring substituents is 1. The number of nitro benzene ring substituents is 1. The minimum absolute atomic E-state index is 0.0160. The fourth-order valence-corrected chi connectivity index (χ4v) is 3.43. The molecule has 0 atom stereocenters. The highest BCUT2D eigenvalue weighted by Crippen LogP contribution is 2.28. The maximum Gasteiger partial charge on any atom is 0.322 e. The third-order valence-electron chi connectivity index (χ3n) is 5.22. The molecule has 3 rings (SSSR count). The highest BCUT2D eigenvalue weighted by atomic mass is 16.6. The van der Waals surface area contributed by atoms with Crippen molar-refractivity contribution >= 4 is 23.3 Å². The number of hydrogen-bond acceptors (Lipinski definition) is 4. The monoisotopic (exact) mass is 427 g/mol. The number of nitrogens with one attached hydrogen (secondary N) is 1. The third kappa shape index (κ3) is 6.07. The van der Waals surface area contributed by atoms with Gasteiger partial charge in [-0.05, 0) is 43.0 Å². The van der Waals surface area contributed by atoms with E-state index < -0.39 is 11.0 Å². The van der Waals surface area contributed by atoms with Gasteiger partial charge in [0, 0.05) is 49.3 Å². The quantitative estimate of drug-likeness (QED) is 0.488. The molecule has 0 radical (unpaired) electrons. The van der Waals surface area contributed by atoms with Crippen molar-refractivity contribution in [3.05, 3.63) is 58.4 Å². The van der Waals surface area contributed by atoms with Gasteiger partial charge in [-0.3, -0.25) is 14.9 Å². The zero-order chi connectivity index (χ0) is 22.5. The molecule has 9 heteroatoms. The number of rotatable bonds is 9. The van der Waals surface area contributed by atoms with Gasteiger partial charge in [-0.15, -0.1) is 0 Å². The van der Waals surface area contributed by atoms with Crippen molar-refractivity contribution in [3.63, 3.8) is 0 Å². The molecule has 166 valence electrons. The molecule has 0 spiro atoms. The van der Waals surface area contributed by atoms with Crippen LogP contribution in [-0.2, 0) is 18.4 Å². The molecule has 3 amide bonds. The van der Waals surface area contributed by atoms with Gasteiger partial charge < -0.3 is 19.7 Å². The number of amides is 3. The Kier molecular flexibility index (Phi) is 6.94. The van der Waals surface area contributed by atoms with Gasteiger partial charge in [0.1, 0.15) is 6.54 Å². The normalized spacial score (nSPS) is 13.2. The molecule has 1 aliphatic rings. The smallest absolute Gasteiger partial charge is 0.322 e. The van der Waals surface area contributed by atoms with Crippen LogP contribution in [0.2, 0.25) is 0 Å². The van der Waals surface area contributed by atoms with Crippen LogP contribution in [0, 0.1) is 16.0 Å². The predicted octanol–water partition coefficient (Wildman–Crippen LogP) is 3.61. The number of hydrogen-bond donors (Lipinski definition) is 1. The van der Waals surface area contributed by atoms with E-state index in [1.807, 2.05) is 48.7 Å². The number of aryl methyl sites for hydroxylation is 1. The molecule has 1 fully saturated rings. The summed E-state index contributed by atoms with van der Waals surface area (Å²) in [5.74, 6) is 0.0980. The Morgan fingerprint density at radius 2 is 1.90 bits per heavy atom. The molecule has 1 N–H and O–H groups in total. The first kappa shape index (κ1) is 22.3. The Hall–Kier alpha value is -3.36. The van der Waals surface area contributed by atoms with E-state index in [0.717, 1.165) is 18.5 Å². The molecule has 1 saturated carbocycles. The van der Waals surface area contributed by atoms with Gasteiger partial charge in [0.2, 0.25) is 5.91 Å². The summed E-state index contributed by atoms with van der Waals surface area (Å²) in [6.07, 6.45) is 3.91. The van der Waals surface area contributed by atoms with Crippen molar-refractivity contribution in [2.24, 2.45) is 13.0 Å². The van der Waals surface area contributed by atoms with Crippen molar-refractivity contribution in [1.82, 2.24) is 14.4 Å². The minimum Gasteiger partial charge on any atom is -0.353 e. The summed E-state index contributed by atoms with van der Waals surface area (Å²) >= 11 is 0. The SMILES string of the molecule is CC(C)CN(CC(=O)N(Cc1cccn1C)C1CC1)C(=O)Nc1ccc([N+](=O)[O-])cc1. The predicted molar refractivity (Wildman–Crippen MR) is 118 cm³/mol. The summed E-state index contributed by atoms with van der Waals surface area (Å²) in [5.41, 5.74) is 1.44. The average molecular weight is 428 g/mol. The molecular weight excluding hydrogens is 398 g/mol. The van der Waals surface area contributed by atoms with E-state index in [1.165, 1.54) is 29.2 Å². The number of benzene rings is 1. The van der Waals surface area contributed by atoms with Crippen LogP contribution < -0.4 is 5.32 Å². The number of anilines is 1. The second-order valence-electron chi connectivity index (χ2n) is 8.37. The Morgan fingerprint density at radius 1 is 1.23 bits per heavy atom. The van der Waals surface area contributed by atoms with Crippen LogP contribution in [0.3, 0.4) is 0 Å². The molecule has 0 bridgehead atoms. The van der Waals surface area contributed by atoms with E-state index in [0.29, 0.717) is 18.8 Å². The second kappa shape index (κ2) is 9.63. The van der Waals surface area contributed by atoms with Crippen LogP contribution in [0.4, 0.5) is 16.2 Å². The van der Waals surface area contributed by atoms with Gasteiger partial charge in [-0.2, -0.15) is 0 Å². The van der Waals surface area contributed by atoms with E-state index in [2.05, 4.69) is 5.32 Å². The van der Waals surface area contributed by atoms with Gasteiger partial charge >= 0.3 is 6.03 Å². The van der Waals surface area contributed by atoms with Crippen LogP contribution in [0.15, 0.2) is 42.6 Å². The van der Waals surface area contributed by atoms with Crippen molar-refractivity contribution in [3.8, 4) is 0 Å².